The Balaban J connectivity index is 2.06. The first-order valence-electron chi connectivity index (χ1n) is 6.80. The highest BCUT2D eigenvalue weighted by molar-refractivity contribution is 5.80. The van der Waals surface area contributed by atoms with Crippen LogP contribution in [0.3, 0.4) is 0 Å². The van der Waals surface area contributed by atoms with Crippen LogP contribution < -0.4 is 0 Å². The van der Waals surface area contributed by atoms with E-state index in [0.29, 0.717) is 6.54 Å². The molecule has 104 valence electrons. The minimum Gasteiger partial charge on any atom is -0.392 e. The van der Waals surface area contributed by atoms with Crippen molar-refractivity contribution in [3.05, 3.63) is 47.5 Å². The van der Waals surface area contributed by atoms with E-state index in [9.17, 15) is 5.11 Å². The summed E-state index contributed by atoms with van der Waals surface area (Å²) < 4.78 is 4.08. The molecule has 0 spiro atoms. The van der Waals surface area contributed by atoms with Gasteiger partial charge in [0.15, 0.2) is 0 Å². The molecule has 0 amide bonds. The van der Waals surface area contributed by atoms with Gasteiger partial charge >= 0.3 is 0 Å². The third kappa shape index (κ3) is 2.10. The maximum absolute atomic E-state index is 9.46. The van der Waals surface area contributed by atoms with Gasteiger partial charge < -0.3 is 9.67 Å². The summed E-state index contributed by atoms with van der Waals surface area (Å²) in [5.74, 6) is 0. The molecule has 5 nitrogen and oxygen atoms in total. The normalized spacial score (nSPS) is 11.3. The van der Waals surface area contributed by atoms with Crippen molar-refractivity contribution in [2.75, 3.05) is 0 Å². The van der Waals surface area contributed by atoms with Crippen molar-refractivity contribution in [1.82, 2.24) is 19.3 Å². The number of hydrogen-bond donors (Lipinski definition) is 1. The van der Waals surface area contributed by atoms with Gasteiger partial charge in [0.2, 0.25) is 0 Å². The van der Waals surface area contributed by atoms with E-state index in [1.54, 1.807) is 6.20 Å². The van der Waals surface area contributed by atoms with E-state index in [2.05, 4.69) is 27.6 Å². The second kappa shape index (κ2) is 5.09. The van der Waals surface area contributed by atoms with E-state index < -0.39 is 0 Å². The second-order valence-electron chi connectivity index (χ2n) is 4.91. The monoisotopic (exact) mass is 270 g/mol. The molecule has 0 atom stereocenters. The zero-order valence-electron chi connectivity index (χ0n) is 11.7. The van der Waals surface area contributed by atoms with Gasteiger partial charge in [0.25, 0.3) is 0 Å². The molecule has 0 aromatic carbocycles. The summed E-state index contributed by atoms with van der Waals surface area (Å²) in [6.07, 6.45) is 3.75. The Bertz CT molecular complexity index is 741. The van der Waals surface area contributed by atoms with E-state index in [1.807, 2.05) is 29.9 Å². The minimum atomic E-state index is 0.0290. The molecule has 0 aliphatic rings. The third-order valence-electron chi connectivity index (χ3n) is 3.50. The molecular weight excluding hydrogens is 252 g/mol. The number of nitrogens with zero attached hydrogens (tertiary/aromatic N) is 4. The van der Waals surface area contributed by atoms with Gasteiger partial charge in [-0.3, -0.25) is 4.68 Å². The van der Waals surface area contributed by atoms with E-state index >= 15 is 0 Å². The molecule has 0 saturated heterocycles. The molecule has 0 saturated carbocycles. The van der Waals surface area contributed by atoms with Crippen LogP contribution in [0.5, 0.6) is 0 Å². The van der Waals surface area contributed by atoms with E-state index in [1.165, 1.54) is 0 Å². The topological polar surface area (TPSA) is 55.9 Å². The minimum absolute atomic E-state index is 0.0290. The number of hydrogen-bond acceptors (Lipinski definition) is 3. The summed E-state index contributed by atoms with van der Waals surface area (Å²) in [6.45, 7) is 5.67. The number of rotatable bonds is 4. The number of fused-ring (bicyclic) bond motifs is 1. The van der Waals surface area contributed by atoms with E-state index in [4.69, 9.17) is 0 Å². The lowest BCUT2D eigenvalue weighted by Crippen LogP contribution is -2.07. The summed E-state index contributed by atoms with van der Waals surface area (Å²) >= 11 is 0. The lowest BCUT2D eigenvalue weighted by molar-refractivity contribution is 0.283. The summed E-state index contributed by atoms with van der Waals surface area (Å²) in [7, 11) is 0. The maximum Gasteiger partial charge on any atom is 0.140 e. The first kappa shape index (κ1) is 12.9. The Labute approximate surface area is 117 Å². The summed E-state index contributed by atoms with van der Waals surface area (Å²) in [4.78, 5) is 4.43. The number of aliphatic hydroxyl groups is 1. The molecule has 3 rings (SSSR count). The van der Waals surface area contributed by atoms with Crippen LogP contribution in [0.25, 0.3) is 11.0 Å². The lowest BCUT2D eigenvalue weighted by Gasteiger charge is -2.06. The average molecular weight is 270 g/mol. The van der Waals surface area contributed by atoms with Crippen molar-refractivity contribution < 1.29 is 5.11 Å². The van der Waals surface area contributed by atoms with Gasteiger partial charge in [0, 0.05) is 29.9 Å². The Hall–Kier alpha value is -2.14. The first-order valence-corrected chi connectivity index (χ1v) is 6.80. The highest BCUT2D eigenvalue weighted by Gasteiger charge is 2.11. The number of aliphatic hydroxyl groups excluding tert-OH is 1. The van der Waals surface area contributed by atoms with Crippen LogP contribution in [-0.2, 0) is 19.7 Å². The highest BCUT2D eigenvalue weighted by Crippen LogP contribution is 2.20. The Kier molecular flexibility index (Phi) is 3.28. The van der Waals surface area contributed by atoms with Gasteiger partial charge in [-0.05, 0) is 32.0 Å². The average Bonchev–Trinajstić information content (AvgIpc) is 3.00. The fourth-order valence-electron chi connectivity index (χ4n) is 2.62. The molecule has 0 fully saturated rings. The lowest BCUT2D eigenvalue weighted by atomic mass is 10.2. The summed E-state index contributed by atoms with van der Waals surface area (Å²) in [6, 6.07) is 5.98. The fourth-order valence-corrected chi connectivity index (χ4v) is 2.62. The van der Waals surface area contributed by atoms with Crippen molar-refractivity contribution in [1.29, 1.82) is 0 Å². The van der Waals surface area contributed by atoms with Crippen LogP contribution in [0, 0.1) is 6.92 Å². The van der Waals surface area contributed by atoms with Crippen molar-refractivity contribution in [2.24, 2.45) is 0 Å². The summed E-state index contributed by atoms with van der Waals surface area (Å²) in [5, 5.41) is 14.9. The molecular formula is C15H18N4O. The van der Waals surface area contributed by atoms with Gasteiger partial charge in [-0.1, -0.05) is 0 Å². The van der Waals surface area contributed by atoms with E-state index in [-0.39, 0.29) is 6.61 Å². The van der Waals surface area contributed by atoms with Crippen LogP contribution in [0.2, 0.25) is 0 Å². The van der Waals surface area contributed by atoms with Crippen LogP contribution in [0.4, 0.5) is 0 Å². The van der Waals surface area contributed by atoms with Crippen molar-refractivity contribution in [2.45, 2.75) is 33.5 Å². The zero-order valence-corrected chi connectivity index (χ0v) is 11.7. The SMILES string of the molecule is CCn1nc(C)cc1Cn1cc(CO)c2cccnc21. The van der Waals surface area contributed by atoms with Gasteiger partial charge in [0.05, 0.1) is 24.5 Å². The van der Waals surface area contributed by atoms with Crippen LogP contribution >= 0.6 is 0 Å². The number of aryl methyl sites for hydroxylation is 2. The predicted molar refractivity (Wildman–Crippen MR) is 77.4 cm³/mol. The molecule has 3 heterocycles. The standard InChI is InChI=1S/C15H18N4O/c1-3-19-13(7-11(2)17-19)9-18-8-12(10-20)14-5-4-6-16-15(14)18/h4-8,20H,3,9-10H2,1-2H3. The van der Waals surface area contributed by atoms with E-state index in [0.717, 1.165) is 34.5 Å². The smallest absolute Gasteiger partial charge is 0.140 e. The van der Waals surface area contributed by atoms with Gasteiger partial charge in [-0.2, -0.15) is 5.10 Å². The number of pyridine rings is 1. The zero-order chi connectivity index (χ0) is 14.1. The first-order chi connectivity index (χ1) is 9.72. The van der Waals surface area contributed by atoms with Gasteiger partial charge in [-0.25, -0.2) is 4.98 Å². The van der Waals surface area contributed by atoms with Gasteiger partial charge in [0.1, 0.15) is 5.65 Å². The molecule has 1 N–H and O–H groups in total. The molecule has 3 aromatic heterocycles. The van der Waals surface area contributed by atoms with Crippen LogP contribution in [0.1, 0.15) is 23.9 Å². The predicted octanol–water partition coefficient (Wildman–Crippen LogP) is 2.10. The maximum atomic E-state index is 9.46. The number of aromatic nitrogens is 4. The van der Waals surface area contributed by atoms with Crippen molar-refractivity contribution >= 4 is 11.0 Å². The highest BCUT2D eigenvalue weighted by atomic mass is 16.3. The second-order valence-corrected chi connectivity index (χ2v) is 4.91. The Morgan fingerprint density at radius 1 is 1.35 bits per heavy atom. The van der Waals surface area contributed by atoms with Crippen LogP contribution in [-0.4, -0.2) is 24.4 Å². The quantitative estimate of drug-likeness (QED) is 0.790. The largest absolute Gasteiger partial charge is 0.392 e. The molecule has 20 heavy (non-hydrogen) atoms. The summed E-state index contributed by atoms with van der Waals surface area (Å²) in [5.41, 5.74) is 3.98. The molecule has 0 bridgehead atoms. The van der Waals surface area contributed by atoms with Crippen molar-refractivity contribution in [3.8, 4) is 0 Å². The Morgan fingerprint density at radius 2 is 2.20 bits per heavy atom. The molecule has 0 radical (unpaired) electrons. The van der Waals surface area contributed by atoms with Gasteiger partial charge in [-0.15, -0.1) is 0 Å². The Morgan fingerprint density at radius 3 is 2.95 bits per heavy atom. The molecule has 0 unspecified atom stereocenters. The molecule has 0 aliphatic heterocycles. The molecule has 0 aliphatic carbocycles. The fraction of sp³-hybridized carbons (Fsp3) is 0.333. The van der Waals surface area contributed by atoms with Crippen molar-refractivity contribution in [3.63, 3.8) is 0 Å². The third-order valence-corrected chi connectivity index (χ3v) is 3.50. The molecule has 3 aromatic rings. The van der Waals surface area contributed by atoms with Crippen LogP contribution in [0.15, 0.2) is 30.6 Å². The molecule has 5 heteroatoms.